The Labute approximate surface area is 101 Å². The second-order valence-electron chi connectivity index (χ2n) is 3.97. The molecule has 1 aliphatic heterocycles. The molecule has 1 fully saturated rings. The van der Waals surface area contributed by atoms with Crippen LogP contribution in [0.1, 0.15) is 5.69 Å². The normalized spacial score (nSPS) is 23.7. The van der Waals surface area contributed by atoms with Gasteiger partial charge >= 0.3 is 0 Å². The molecule has 2 rings (SSSR count). The predicted molar refractivity (Wildman–Crippen MR) is 62.8 cm³/mol. The molecular weight excluding hydrogens is 218 g/mol. The number of anilines is 1. The average molecular weight is 233 g/mol. The molecule has 0 N–H and O–H groups in total. The first-order valence-electron chi connectivity index (χ1n) is 5.45. The Morgan fingerprint density at radius 1 is 1.29 bits per heavy atom. The summed E-state index contributed by atoms with van der Waals surface area (Å²) in [7, 11) is 3.38. The highest BCUT2D eigenvalue weighted by Crippen LogP contribution is 2.22. The van der Waals surface area contributed by atoms with Gasteiger partial charge in [0.1, 0.15) is 24.0 Å². The number of hydrogen-bond acceptors (Lipinski definition) is 5. The summed E-state index contributed by atoms with van der Waals surface area (Å²) in [5.41, 5.74) is 1.42. The van der Waals surface area contributed by atoms with Crippen molar-refractivity contribution >= 4 is 5.69 Å². The lowest BCUT2D eigenvalue weighted by Crippen LogP contribution is -2.27. The Hall–Kier alpha value is -1.64. The van der Waals surface area contributed by atoms with E-state index >= 15 is 0 Å². The summed E-state index contributed by atoms with van der Waals surface area (Å²) in [6.45, 7) is 1.56. The summed E-state index contributed by atoms with van der Waals surface area (Å²) in [4.78, 5) is 6.21. The predicted octanol–water partition coefficient (Wildman–Crippen LogP) is 0.803. The van der Waals surface area contributed by atoms with Crippen LogP contribution in [0.4, 0.5) is 5.69 Å². The molecule has 0 aromatic carbocycles. The van der Waals surface area contributed by atoms with Crippen LogP contribution < -0.4 is 4.90 Å². The molecule has 5 heteroatoms. The van der Waals surface area contributed by atoms with Crippen LogP contribution in [0.25, 0.3) is 0 Å². The molecule has 1 saturated heterocycles. The zero-order valence-corrected chi connectivity index (χ0v) is 9.96. The second kappa shape index (κ2) is 5.13. The maximum Gasteiger partial charge on any atom is 0.140 e. The van der Waals surface area contributed by atoms with Gasteiger partial charge in [-0.3, -0.25) is 0 Å². The Balaban J connectivity index is 2.11. The highest BCUT2D eigenvalue weighted by atomic mass is 16.5. The summed E-state index contributed by atoms with van der Waals surface area (Å²) in [6.07, 6.45) is 1.87. The summed E-state index contributed by atoms with van der Waals surface area (Å²) in [5.74, 6) is 0. The number of nitriles is 1. The highest BCUT2D eigenvalue weighted by molar-refractivity contribution is 5.47. The van der Waals surface area contributed by atoms with Crippen LogP contribution in [0.3, 0.4) is 0 Å². The Morgan fingerprint density at radius 3 is 2.35 bits per heavy atom. The molecule has 0 bridgehead atoms. The van der Waals surface area contributed by atoms with E-state index in [1.54, 1.807) is 26.5 Å². The summed E-state index contributed by atoms with van der Waals surface area (Å²) in [6, 6.07) is 5.62. The summed E-state index contributed by atoms with van der Waals surface area (Å²) >= 11 is 0. The second-order valence-corrected chi connectivity index (χ2v) is 3.97. The van der Waals surface area contributed by atoms with Crippen LogP contribution in [0.2, 0.25) is 0 Å². The van der Waals surface area contributed by atoms with Gasteiger partial charge in [0.2, 0.25) is 0 Å². The van der Waals surface area contributed by atoms with Gasteiger partial charge in [0.05, 0.1) is 11.9 Å². The van der Waals surface area contributed by atoms with Gasteiger partial charge in [-0.1, -0.05) is 0 Å². The van der Waals surface area contributed by atoms with Gasteiger partial charge in [-0.15, -0.1) is 0 Å². The van der Waals surface area contributed by atoms with Crippen LogP contribution in [-0.4, -0.2) is 44.5 Å². The van der Waals surface area contributed by atoms with Crippen molar-refractivity contribution in [2.45, 2.75) is 12.2 Å². The van der Waals surface area contributed by atoms with E-state index < -0.39 is 0 Å². The topological polar surface area (TPSA) is 58.4 Å². The van der Waals surface area contributed by atoms with Gasteiger partial charge < -0.3 is 14.4 Å². The molecule has 0 amide bonds. The van der Waals surface area contributed by atoms with Crippen LogP contribution in [0, 0.1) is 11.3 Å². The molecule has 1 aromatic heterocycles. The summed E-state index contributed by atoms with van der Waals surface area (Å²) in [5, 5.41) is 8.69. The van der Waals surface area contributed by atoms with E-state index in [4.69, 9.17) is 14.7 Å². The van der Waals surface area contributed by atoms with E-state index in [-0.39, 0.29) is 12.2 Å². The fourth-order valence-electron chi connectivity index (χ4n) is 2.05. The third kappa shape index (κ3) is 2.38. The minimum atomic E-state index is 0.0793. The third-order valence-corrected chi connectivity index (χ3v) is 3.05. The van der Waals surface area contributed by atoms with E-state index in [1.165, 1.54) is 0 Å². The zero-order chi connectivity index (χ0) is 12.3. The van der Waals surface area contributed by atoms with E-state index in [0.717, 1.165) is 18.8 Å². The maximum absolute atomic E-state index is 8.69. The van der Waals surface area contributed by atoms with Gasteiger partial charge in [-0.05, 0) is 12.1 Å². The molecule has 1 aromatic rings. The first-order valence-corrected chi connectivity index (χ1v) is 5.45. The van der Waals surface area contributed by atoms with Crippen molar-refractivity contribution in [2.75, 3.05) is 32.2 Å². The first-order chi connectivity index (χ1) is 8.28. The average Bonchev–Trinajstić information content (AvgIpc) is 2.82. The quantitative estimate of drug-likeness (QED) is 0.773. The smallest absolute Gasteiger partial charge is 0.140 e. The summed E-state index contributed by atoms with van der Waals surface area (Å²) < 4.78 is 10.7. The maximum atomic E-state index is 8.69. The number of ether oxygens (including phenoxy) is 2. The van der Waals surface area contributed by atoms with Crippen molar-refractivity contribution in [3.63, 3.8) is 0 Å². The fraction of sp³-hybridized carbons (Fsp3) is 0.500. The largest absolute Gasteiger partial charge is 0.377 e. The Bertz CT molecular complexity index is 401. The molecule has 0 spiro atoms. The standard InChI is InChI=1S/C12H15N3O2/c1-16-11-7-15(8-12(11)17-2)10-4-3-9(5-13)14-6-10/h3-4,6,11-12H,7-8H2,1-2H3. The minimum Gasteiger partial charge on any atom is -0.377 e. The molecule has 2 atom stereocenters. The van der Waals surface area contributed by atoms with Crippen molar-refractivity contribution in [1.82, 2.24) is 4.98 Å². The SMILES string of the molecule is COC1CN(c2ccc(C#N)nc2)CC1OC. The number of methoxy groups -OCH3 is 2. The molecule has 1 aliphatic rings. The van der Waals surface area contributed by atoms with E-state index in [9.17, 15) is 0 Å². The molecule has 2 heterocycles. The van der Waals surface area contributed by atoms with Gasteiger partial charge in [-0.25, -0.2) is 4.98 Å². The van der Waals surface area contributed by atoms with Gasteiger partial charge in [0.25, 0.3) is 0 Å². The monoisotopic (exact) mass is 233 g/mol. The molecule has 2 unspecified atom stereocenters. The van der Waals surface area contributed by atoms with Crippen molar-refractivity contribution in [3.05, 3.63) is 24.0 Å². The fourth-order valence-corrected chi connectivity index (χ4v) is 2.05. The number of nitrogens with zero attached hydrogens (tertiary/aromatic N) is 3. The van der Waals surface area contributed by atoms with Gasteiger partial charge in [-0.2, -0.15) is 5.26 Å². The minimum absolute atomic E-state index is 0.0793. The van der Waals surface area contributed by atoms with Crippen LogP contribution in [-0.2, 0) is 9.47 Å². The van der Waals surface area contributed by atoms with Crippen LogP contribution in [0.15, 0.2) is 18.3 Å². The van der Waals surface area contributed by atoms with E-state index in [1.807, 2.05) is 12.1 Å². The number of aromatic nitrogens is 1. The lowest BCUT2D eigenvalue weighted by Gasteiger charge is -2.17. The highest BCUT2D eigenvalue weighted by Gasteiger charge is 2.33. The Kier molecular flexibility index (Phi) is 3.57. The van der Waals surface area contributed by atoms with Crippen LogP contribution >= 0.6 is 0 Å². The van der Waals surface area contributed by atoms with E-state index in [2.05, 4.69) is 9.88 Å². The van der Waals surface area contributed by atoms with Crippen molar-refractivity contribution in [1.29, 1.82) is 5.26 Å². The molecular formula is C12H15N3O2. The molecule has 17 heavy (non-hydrogen) atoms. The number of hydrogen-bond donors (Lipinski definition) is 0. The molecule has 5 nitrogen and oxygen atoms in total. The third-order valence-electron chi connectivity index (χ3n) is 3.05. The molecule has 0 saturated carbocycles. The van der Waals surface area contributed by atoms with E-state index in [0.29, 0.717) is 5.69 Å². The van der Waals surface area contributed by atoms with Crippen LogP contribution in [0.5, 0.6) is 0 Å². The van der Waals surface area contributed by atoms with Gasteiger partial charge in [0, 0.05) is 27.3 Å². The van der Waals surface area contributed by atoms with Crippen molar-refractivity contribution < 1.29 is 9.47 Å². The molecule has 90 valence electrons. The zero-order valence-electron chi connectivity index (χ0n) is 9.96. The number of rotatable bonds is 3. The molecule has 0 radical (unpaired) electrons. The molecule has 0 aliphatic carbocycles. The van der Waals surface area contributed by atoms with Crippen molar-refractivity contribution in [3.8, 4) is 6.07 Å². The number of pyridine rings is 1. The first kappa shape index (κ1) is 11.8. The van der Waals surface area contributed by atoms with Crippen molar-refractivity contribution in [2.24, 2.45) is 0 Å². The Morgan fingerprint density at radius 2 is 1.94 bits per heavy atom. The lowest BCUT2D eigenvalue weighted by atomic mass is 10.3. The van der Waals surface area contributed by atoms with Gasteiger partial charge in [0.15, 0.2) is 0 Å². The lowest BCUT2D eigenvalue weighted by molar-refractivity contribution is -0.00461.